The van der Waals surface area contributed by atoms with Crippen LogP contribution in [0, 0.1) is 0 Å². The van der Waals surface area contributed by atoms with Gasteiger partial charge in [0.1, 0.15) is 11.8 Å². The largest absolute Gasteiger partial charge is 0.444 e. The van der Waals surface area contributed by atoms with Crippen molar-refractivity contribution in [3.63, 3.8) is 0 Å². The monoisotopic (exact) mass is 217 g/mol. The fourth-order valence-corrected chi connectivity index (χ4v) is 1.64. The van der Waals surface area contributed by atoms with Crippen LogP contribution in [0.3, 0.4) is 0 Å². The first-order chi connectivity index (χ1) is 6.79. The molecule has 15 heavy (non-hydrogen) atoms. The zero-order valence-electron chi connectivity index (χ0n) is 9.92. The summed E-state index contributed by atoms with van der Waals surface area (Å²) in [7, 11) is 0. The average Bonchev–Trinajstić information content (AvgIpc) is 2.06. The molecule has 0 saturated carbocycles. The van der Waals surface area contributed by atoms with Crippen molar-refractivity contribution in [2.75, 3.05) is 6.54 Å². The minimum atomic E-state index is -0.909. The number of rotatable bonds is 0. The maximum Gasteiger partial charge on any atom is 0.410 e. The van der Waals surface area contributed by atoms with Gasteiger partial charge in [0.25, 0.3) is 0 Å². The molecule has 4 heteroatoms. The third-order valence-corrected chi connectivity index (χ3v) is 2.45. The van der Waals surface area contributed by atoms with Gasteiger partial charge in [0.05, 0.1) is 6.54 Å². The summed E-state index contributed by atoms with van der Waals surface area (Å²) in [5.41, 5.74) is -0.514. The Hall–Kier alpha value is -0.800. The first-order valence-corrected chi connectivity index (χ1v) is 5.43. The lowest BCUT2D eigenvalue weighted by atomic mass is 10.0. The summed E-state index contributed by atoms with van der Waals surface area (Å²) in [6, 6.07) is 0.0758. The summed E-state index contributed by atoms with van der Waals surface area (Å²) in [6.45, 7) is 7.53. The minimum Gasteiger partial charge on any atom is -0.444 e. The molecule has 1 amide bonds. The number of carbonyl (C=O) groups excluding carboxylic acids is 1. The number of hydrogen-bond acceptors (Lipinski definition) is 2. The molecule has 1 heterocycles. The molecule has 0 unspecified atom stereocenters. The topological polar surface area (TPSA) is 29.5 Å². The maximum atomic E-state index is 13.2. The second kappa shape index (κ2) is 4.37. The number of alkyl halides is 1. The van der Waals surface area contributed by atoms with Gasteiger partial charge in [-0.05, 0) is 40.5 Å². The van der Waals surface area contributed by atoms with E-state index in [-0.39, 0.29) is 12.6 Å². The van der Waals surface area contributed by atoms with Gasteiger partial charge >= 0.3 is 6.09 Å². The molecule has 0 bridgehead atoms. The van der Waals surface area contributed by atoms with Crippen LogP contribution in [-0.4, -0.2) is 35.4 Å². The van der Waals surface area contributed by atoms with Crippen molar-refractivity contribution < 1.29 is 13.9 Å². The second-order valence-electron chi connectivity index (χ2n) is 5.16. The van der Waals surface area contributed by atoms with Crippen molar-refractivity contribution in [2.45, 2.75) is 58.4 Å². The van der Waals surface area contributed by atoms with Gasteiger partial charge in [0.2, 0.25) is 0 Å². The van der Waals surface area contributed by atoms with Crippen molar-refractivity contribution in [3.05, 3.63) is 0 Å². The predicted octanol–water partition coefficient (Wildman–Crippen LogP) is 2.74. The Labute approximate surface area is 90.6 Å². The van der Waals surface area contributed by atoms with Gasteiger partial charge in [0.15, 0.2) is 0 Å². The Bertz CT molecular complexity index is 237. The Morgan fingerprint density at radius 3 is 2.53 bits per heavy atom. The summed E-state index contributed by atoms with van der Waals surface area (Å²) in [5, 5.41) is 0. The van der Waals surface area contributed by atoms with E-state index in [1.807, 2.05) is 27.7 Å². The number of ether oxygens (including phenoxy) is 1. The van der Waals surface area contributed by atoms with Crippen LogP contribution < -0.4 is 0 Å². The third-order valence-electron chi connectivity index (χ3n) is 2.45. The van der Waals surface area contributed by atoms with Gasteiger partial charge in [-0.1, -0.05) is 0 Å². The third kappa shape index (κ3) is 3.68. The van der Waals surface area contributed by atoms with Gasteiger partial charge < -0.3 is 9.64 Å². The fourth-order valence-electron chi connectivity index (χ4n) is 1.64. The van der Waals surface area contributed by atoms with E-state index in [2.05, 4.69) is 0 Å². The van der Waals surface area contributed by atoms with Crippen LogP contribution in [0.25, 0.3) is 0 Å². The highest BCUT2D eigenvalue weighted by Crippen LogP contribution is 2.21. The molecule has 1 aliphatic heterocycles. The van der Waals surface area contributed by atoms with E-state index in [1.165, 1.54) is 4.90 Å². The predicted molar refractivity (Wildman–Crippen MR) is 56.5 cm³/mol. The molecular weight excluding hydrogens is 197 g/mol. The highest BCUT2D eigenvalue weighted by molar-refractivity contribution is 5.68. The lowest BCUT2D eigenvalue weighted by molar-refractivity contribution is 0.00204. The van der Waals surface area contributed by atoms with Gasteiger partial charge in [-0.2, -0.15) is 0 Å². The molecule has 2 atom stereocenters. The van der Waals surface area contributed by atoms with Crippen molar-refractivity contribution >= 4 is 6.09 Å². The fraction of sp³-hybridized carbons (Fsp3) is 0.909. The highest BCUT2D eigenvalue weighted by Gasteiger charge is 2.31. The lowest BCUT2D eigenvalue weighted by Gasteiger charge is -2.36. The van der Waals surface area contributed by atoms with E-state index in [0.717, 1.165) is 0 Å². The van der Waals surface area contributed by atoms with Crippen molar-refractivity contribution in [3.8, 4) is 0 Å². The molecule has 88 valence electrons. The zero-order chi connectivity index (χ0) is 11.6. The smallest absolute Gasteiger partial charge is 0.410 e. The van der Waals surface area contributed by atoms with E-state index >= 15 is 0 Å². The number of nitrogens with zero attached hydrogens (tertiary/aromatic N) is 1. The number of halogens is 1. The quantitative estimate of drug-likeness (QED) is 0.624. The molecule has 0 aromatic rings. The number of hydrogen-bond donors (Lipinski definition) is 0. The van der Waals surface area contributed by atoms with E-state index in [1.54, 1.807) is 0 Å². The van der Waals surface area contributed by atoms with Crippen LogP contribution in [0.5, 0.6) is 0 Å². The standard InChI is InChI=1S/C11H20FNO2/c1-8-5-6-9(12)7-13(8)10(14)15-11(2,3)4/h8-9H,5-7H2,1-4H3/t8-,9+/m1/s1. The van der Waals surface area contributed by atoms with E-state index < -0.39 is 17.9 Å². The normalized spacial score (nSPS) is 27.7. The SMILES string of the molecule is C[C@@H]1CC[C@H](F)CN1C(=O)OC(C)(C)C. The van der Waals surface area contributed by atoms with Crippen LogP contribution in [0.15, 0.2) is 0 Å². The summed E-state index contributed by atoms with van der Waals surface area (Å²) >= 11 is 0. The molecule has 3 nitrogen and oxygen atoms in total. The summed E-state index contributed by atoms with van der Waals surface area (Å²) in [5.74, 6) is 0. The molecule has 0 aromatic heterocycles. The molecule has 0 aliphatic carbocycles. The average molecular weight is 217 g/mol. The van der Waals surface area contributed by atoms with Gasteiger partial charge in [-0.3, -0.25) is 0 Å². The molecule has 0 radical (unpaired) electrons. The molecule has 1 rings (SSSR count). The lowest BCUT2D eigenvalue weighted by Crippen LogP contribution is -2.48. The first kappa shape index (κ1) is 12.3. The van der Waals surface area contributed by atoms with Crippen molar-refractivity contribution in [1.82, 2.24) is 4.90 Å². The number of piperidine rings is 1. The number of carbonyl (C=O) groups is 1. The van der Waals surface area contributed by atoms with Gasteiger partial charge in [-0.25, -0.2) is 9.18 Å². The Kier molecular flexibility index (Phi) is 3.58. The Balaban J connectivity index is 2.57. The summed E-state index contributed by atoms with van der Waals surface area (Å²) in [4.78, 5) is 13.2. The molecule has 0 aromatic carbocycles. The number of amides is 1. The first-order valence-electron chi connectivity index (χ1n) is 5.43. The molecule has 1 aliphatic rings. The Morgan fingerprint density at radius 1 is 1.40 bits per heavy atom. The van der Waals surface area contributed by atoms with Crippen LogP contribution in [0.4, 0.5) is 9.18 Å². The van der Waals surface area contributed by atoms with E-state index in [0.29, 0.717) is 12.8 Å². The molecule has 0 N–H and O–H groups in total. The molecule has 1 fully saturated rings. The van der Waals surface area contributed by atoms with Gasteiger partial charge in [0, 0.05) is 6.04 Å². The van der Waals surface area contributed by atoms with Crippen LogP contribution in [-0.2, 0) is 4.74 Å². The minimum absolute atomic E-state index is 0.0758. The highest BCUT2D eigenvalue weighted by atomic mass is 19.1. The van der Waals surface area contributed by atoms with Gasteiger partial charge in [-0.15, -0.1) is 0 Å². The zero-order valence-corrected chi connectivity index (χ0v) is 9.92. The molecule has 1 saturated heterocycles. The molecular formula is C11H20FNO2. The van der Waals surface area contributed by atoms with Crippen LogP contribution in [0.2, 0.25) is 0 Å². The van der Waals surface area contributed by atoms with E-state index in [9.17, 15) is 9.18 Å². The second-order valence-corrected chi connectivity index (χ2v) is 5.16. The Morgan fingerprint density at radius 2 is 2.00 bits per heavy atom. The summed E-state index contributed by atoms with van der Waals surface area (Å²) in [6.07, 6.45) is -0.0630. The van der Waals surface area contributed by atoms with Crippen LogP contribution >= 0.6 is 0 Å². The van der Waals surface area contributed by atoms with Crippen LogP contribution in [0.1, 0.15) is 40.5 Å². The number of likely N-dealkylation sites (tertiary alicyclic amines) is 1. The molecule has 0 spiro atoms. The van der Waals surface area contributed by atoms with E-state index in [4.69, 9.17) is 4.74 Å². The van der Waals surface area contributed by atoms with Crippen molar-refractivity contribution in [1.29, 1.82) is 0 Å². The van der Waals surface area contributed by atoms with Crippen molar-refractivity contribution in [2.24, 2.45) is 0 Å². The maximum absolute atomic E-state index is 13.2. The summed E-state index contributed by atoms with van der Waals surface area (Å²) < 4.78 is 18.4.